The number of carbonyl (C=O) groups excluding carboxylic acids is 1. The van der Waals surface area contributed by atoms with Gasteiger partial charge in [0.15, 0.2) is 17.2 Å². The zero-order valence-corrected chi connectivity index (χ0v) is 22.0. The van der Waals surface area contributed by atoms with Crippen molar-refractivity contribution in [1.29, 1.82) is 0 Å². The summed E-state index contributed by atoms with van der Waals surface area (Å²) in [5, 5.41) is 13.2. The van der Waals surface area contributed by atoms with Crippen molar-refractivity contribution in [3.8, 4) is 22.6 Å². The van der Waals surface area contributed by atoms with E-state index in [1.807, 2.05) is 30.3 Å². The lowest BCUT2D eigenvalue weighted by Crippen LogP contribution is -2.46. The Kier molecular flexibility index (Phi) is 6.73. The van der Waals surface area contributed by atoms with Gasteiger partial charge in [0, 0.05) is 53.7 Å². The van der Waals surface area contributed by atoms with Crippen LogP contribution in [0.25, 0.3) is 11.1 Å². The molecule has 3 aromatic rings. The molecule has 3 aliphatic rings. The van der Waals surface area contributed by atoms with E-state index in [0.717, 1.165) is 31.2 Å². The highest BCUT2D eigenvalue weighted by Gasteiger charge is 2.45. The molecule has 2 heterocycles. The summed E-state index contributed by atoms with van der Waals surface area (Å²) in [6.07, 6.45) is 3.50. The van der Waals surface area contributed by atoms with Crippen LogP contribution in [0.3, 0.4) is 0 Å². The Hall–Kier alpha value is -3.20. The predicted octanol–water partition coefficient (Wildman–Crippen LogP) is 5.04. The van der Waals surface area contributed by atoms with Gasteiger partial charge in [-0.05, 0) is 37.3 Å². The molecule has 6 rings (SSSR count). The third kappa shape index (κ3) is 4.54. The molecule has 1 amide bonds. The molecule has 9 heteroatoms. The van der Waals surface area contributed by atoms with Gasteiger partial charge in [0.1, 0.15) is 11.6 Å². The van der Waals surface area contributed by atoms with Gasteiger partial charge in [-0.15, -0.1) is 0 Å². The lowest BCUT2D eigenvalue weighted by molar-refractivity contribution is 0.0760. The van der Waals surface area contributed by atoms with Crippen molar-refractivity contribution in [1.82, 2.24) is 5.32 Å². The van der Waals surface area contributed by atoms with Crippen molar-refractivity contribution in [2.24, 2.45) is 5.73 Å². The topological polar surface area (TPSA) is 93.8 Å². The van der Waals surface area contributed by atoms with Gasteiger partial charge in [0.05, 0.1) is 23.3 Å². The van der Waals surface area contributed by atoms with Crippen molar-refractivity contribution < 1.29 is 28.2 Å². The van der Waals surface area contributed by atoms with Crippen LogP contribution in [0.2, 0.25) is 5.02 Å². The van der Waals surface area contributed by atoms with Gasteiger partial charge in [0.2, 0.25) is 5.91 Å². The maximum atomic E-state index is 16.0. The van der Waals surface area contributed by atoms with E-state index >= 15 is 8.78 Å². The highest BCUT2D eigenvalue weighted by atomic mass is 35.5. The zero-order valence-electron chi connectivity index (χ0n) is 21.2. The third-order valence-corrected chi connectivity index (χ3v) is 8.53. The average molecular weight is 555 g/mol. The number of hydrogen-bond acceptors (Lipinski definition) is 5. The van der Waals surface area contributed by atoms with Crippen LogP contribution in [0.1, 0.15) is 52.7 Å². The molecule has 0 radical (unpaired) electrons. The molecule has 1 saturated carbocycles. The smallest absolute Gasteiger partial charge is 0.249 e. The van der Waals surface area contributed by atoms with Gasteiger partial charge < -0.3 is 25.6 Å². The summed E-state index contributed by atoms with van der Waals surface area (Å²) < 4.78 is 43.4. The Balaban J connectivity index is 1.47. The number of ether oxygens (including phenoxy) is 2. The van der Waals surface area contributed by atoms with E-state index in [1.54, 1.807) is 0 Å². The van der Waals surface area contributed by atoms with E-state index in [-0.39, 0.29) is 58.4 Å². The van der Waals surface area contributed by atoms with Crippen molar-refractivity contribution >= 4 is 17.5 Å². The zero-order chi connectivity index (χ0) is 27.3. The SMILES string of the molecule is NC(=O)c1cc2c(c(F)c1-c1c(Cl)c(F)cc3c1C[C@@](CNC1CCC(O)CC1)(c1ccccc1)O3)OCC2. The average Bonchev–Trinajstić information content (AvgIpc) is 3.56. The number of halogens is 3. The largest absolute Gasteiger partial charge is 0.490 e. The molecule has 0 unspecified atom stereocenters. The highest BCUT2D eigenvalue weighted by molar-refractivity contribution is 6.34. The number of hydrogen-bond donors (Lipinski definition) is 3. The van der Waals surface area contributed by atoms with Crippen LogP contribution in [-0.2, 0) is 18.4 Å². The molecular weight excluding hydrogens is 526 g/mol. The lowest BCUT2D eigenvalue weighted by Gasteiger charge is -2.34. The number of primary amides is 1. The first-order valence-corrected chi connectivity index (χ1v) is 13.6. The van der Waals surface area contributed by atoms with Crippen LogP contribution >= 0.6 is 11.6 Å². The second-order valence-corrected chi connectivity index (χ2v) is 11.0. The van der Waals surface area contributed by atoms with Gasteiger partial charge in [-0.1, -0.05) is 41.9 Å². The summed E-state index contributed by atoms with van der Waals surface area (Å²) in [5.74, 6) is -2.17. The van der Waals surface area contributed by atoms with Crippen LogP contribution in [-0.4, -0.2) is 36.3 Å². The first-order valence-electron chi connectivity index (χ1n) is 13.2. The van der Waals surface area contributed by atoms with Crippen molar-refractivity contribution in [3.63, 3.8) is 0 Å². The molecule has 0 saturated heterocycles. The lowest BCUT2D eigenvalue weighted by atomic mass is 9.84. The molecule has 0 bridgehead atoms. The Morgan fingerprint density at radius 1 is 1.13 bits per heavy atom. The number of benzene rings is 3. The van der Waals surface area contributed by atoms with Crippen molar-refractivity contribution in [3.05, 3.63) is 81.4 Å². The molecule has 0 spiro atoms. The number of nitrogens with one attached hydrogen (secondary N) is 1. The maximum absolute atomic E-state index is 16.0. The molecule has 39 heavy (non-hydrogen) atoms. The van der Waals surface area contributed by atoms with Gasteiger partial charge >= 0.3 is 0 Å². The molecule has 204 valence electrons. The van der Waals surface area contributed by atoms with Crippen LogP contribution in [0.4, 0.5) is 8.78 Å². The number of nitrogens with two attached hydrogens (primary N) is 1. The van der Waals surface area contributed by atoms with Crippen LogP contribution < -0.4 is 20.5 Å². The van der Waals surface area contributed by atoms with Crippen LogP contribution in [0, 0.1) is 11.6 Å². The fraction of sp³-hybridized carbons (Fsp3) is 0.367. The normalized spacial score (nSPS) is 23.6. The van der Waals surface area contributed by atoms with Crippen molar-refractivity contribution in [2.45, 2.75) is 56.3 Å². The molecule has 0 aromatic heterocycles. The number of aliphatic hydroxyl groups is 1. The second kappa shape index (κ2) is 10.1. The highest BCUT2D eigenvalue weighted by Crippen LogP contribution is 2.51. The molecule has 3 aromatic carbocycles. The fourth-order valence-corrected chi connectivity index (χ4v) is 6.38. The summed E-state index contributed by atoms with van der Waals surface area (Å²) in [5.41, 5.74) is 6.43. The molecule has 4 N–H and O–H groups in total. The molecule has 6 nitrogen and oxygen atoms in total. The Morgan fingerprint density at radius 3 is 2.59 bits per heavy atom. The first kappa shape index (κ1) is 26.0. The Morgan fingerprint density at radius 2 is 1.87 bits per heavy atom. The second-order valence-electron chi connectivity index (χ2n) is 10.6. The van der Waals surface area contributed by atoms with E-state index in [4.69, 9.17) is 26.8 Å². The quantitative estimate of drug-likeness (QED) is 0.397. The number of amides is 1. The third-order valence-electron chi connectivity index (χ3n) is 8.16. The van der Waals surface area contributed by atoms with E-state index in [1.165, 1.54) is 12.1 Å². The number of carbonyl (C=O) groups is 1. The van der Waals surface area contributed by atoms with Gasteiger partial charge in [-0.25, -0.2) is 8.78 Å². The summed E-state index contributed by atoms with van der Waals surface area (Å²) in [7, 11) is 0. The first-order chi connectivity index (χ1) is 18.8. The van der Waals surface area contributed by atoms with Crippen molar-refractivity contribution in [2.75, 3.05) is 13.2 Å². The van der Waals surface area contributed by atoms with E-state index in [2.05, 4.69) is 5.32 Å². The summed E-state index contributed by atoms with van der Waals surface area (Å²) in [6, 6.07) is 12.5. The minimum atomic E-state index is -0.942. The molecule has 1 aliphatic carbocycles. The minimum absolute atomic E-state index is 0.0264. The van der Waals surface area contributed by atoms with Crippen LogP contribution in [0.5, 0.6) is 11.5 Å². The summed E-state index contributed by atoms with van der Waals surface area (Å²) in [4.78, 5) is 12.5. The summed E-state index contributed by atoms with van der Waals surface area (Å²) >= 11 is 6.53. The predicted molar refractivity (Wildman–Crippen MR) is 143 cm³/mol. The Bertz CT molecular complexity index is 1440. The minimum Gasteiger partial charge on any atom is -0.490 e. The molecule has 1 atom stereocenters. The van der Waals surface area contributed by atoms with Gasteiger partial charge in [0.25, 0.3) is 0 Å². The van der Waals surface area contributed by atoms with E-state index in [9.17, 15) is 9.90 Å². The van der Waals surface area contributed by atoms with E-state index < -0.39 is 23.1 Å². The molecule has 1 fully saturated rings. The van der Waals surface area contributed by atoms with Gasteiger partial charge in [-0.2, -0.15) is 0 Å². The number of aliphatic hydroxyl groups excluding tert-OH is 1. The monoisotopic (exact) mass is 554 g/mol. The standard InChI is InChI=1S/C30H29ClF2N2O4/c31-26-22(32)13-23-21(24(26)25-20(29(34)37)12-16-10-11-38-28(16)27(25)33)14-30(39-23,17-4-2-1-3-5-17)15-35-18-6-8-19(36)9-7-18/h1-5,12-13,18-19,35-36H,6-11,14-15H2,(H2,34,37)/t18?,19?,30-/m1/s1. The van der Waals surface area contributed by atoms with E-state index in [0.29, 0.717) is 24.1 Å². The fourth-order valence-electron chi connectivity index (χ4n) is 6.12. The Labute approximate surface area is 230 Å². The summed E-state index contributed by atoms with van der Waals surface area (Å²) in [6.45, 7) is 0.663. The number of rotatable bonds is 6. The molecular formula is C30H29ClF2N2O4. The maximum Gasteiger partial charge on any atom is 0.249 e. The van der Waals surface area contributed by atoms with Crippen LogP contribution in [0.15, 0.2) is 42.5 Å². The molecule has 2 aliphatic heterocycles. The number of fused-ring (bicyclic) bond motifs is 2. The van der Waals surface area contributed by atoms with Gasteiger partial charge in [-0.3, -0.25) is 4.79 Å².